The summed E-state index contributed by atoms with van der Waals surface area (Å²) in [5.74, 6) is -3.10. The summed E-state index contributed by atoms with van der Waals surface area (Å²) in [5.41, 5.74) is -2.02. The van der Waals surface area contributed by atoms with Crippen molar-refractivity contribution < 1.29 is 33.3 Å². The average molecular weight is 608 g/mol. The molecule has 12 nitrogen and oxygen atoms in total. The Morgan fingerprint density at radius 2 is 1.72 bits per heavy atom. The topological polar surface area (TPSA) is 155 Å². The monoisotopic (exact) mass is 607 g/mol. The van der Waals surface area contributed by atoms with Crippen molar-refractivity contribution in [3.05, 3.63) is 89.7 Å². The van der Waals surface area contributed by atoms with Crippen molar-refractivity contribution in [1.29, 1.82) is 0 Å². The Labute approximate surface area is 249 Å². The predicted molar refractivity (Wildman–Crippen MR) is 154 cm³/mol. The Balaban J connectivity index is 1.58. The van der Waals surface area contributed by atoms with Gasteiger partial charge in [0.2, 0.25) is 17.2 Å². The SMILES string of the molecule is COC(=O)c1ccc(C2C3=C(C[C@@H](C)[C@]4(Oc5c(Cl)c(OC)cc(OC)c5C4=O)C3=O)Nc3c2c(=O)[nH]c(=O)n3C)cc1. The molecule has 0 saturated heterocycles. The van der Waals surface area contributed by atoms with Gasteiger partial charge in [-0.05, 0) is 24.1 Å². The first-order chi connectivity index (χ1) is 20.5. The van der Waals surface area contributed by atoms with Crippen LogP contribution >= 0.6 is 11.6 Å². The number of Topliss-reactive ketones (excluding diaryl/α,β-unsaturated/α-hetero) is 2. The van der Waals surface area contributed by atoms with E-state index in [2.05, 4.69) is 10.3 Å². The zero-order valence-electron chi connectivity index (χ0n) is 23.7. The van der Waals surface area contributed by atoms with Crippen LogP contribution in [0, 0.1) is 5.92 Å². The maximum atomic E-state index is 14.8. The van der Waals surface area contributed by atoms with Gasteiger partial charge in [0.05, 0.1) is 32.5 Å². The Kier molecular flexibility index (Phi) is 6.49. The number of nitrogens with zero attached hydrogens (tertiary/aromatic N) is 1. The van der Waals surface area contributed by atoms with Gasteiger partial charge < -0.3 is 24.3 Å². The first-order valence-corrected chi connectivity index (χ1v) is 13.6. The lowest BCUT2D eigenvalue weighted by Gasteiger charge is -2.42. The number of hydrogen-bond donors (Lipinski definition) is 2. The third-order valence-electron chi connectivity index (χ3n) is 8.40. The summed E-state index contributed by atoms with van der Waals surface area (Å²) in [7, 11) is 5.52. The lowest BCUT2D eigenvalue weighted by molar-refractivity contribution is -0.130. The molecule has 43 heavy (non-hydrogen) atoms. The zero-order valence-corrected chi connectivity index (χ0v) is 24.5. The number of carbonyl (C=O) groups is 3. The molecule has 0 amide bonds. The normalized spacial score (nSPS) is 21.9. The minimum atomic E-state index is -2.03. The molecule has 0 bridgehead atoms. The molecule has 1 aromatic heterocycles. The van der Waals surface area contributed by atoms with Gasteiger partial charge >= 0.3 is 11.7 Å². The van der Waals surface area contributed by atoms with Crippen molar-refractivity contribution in [3.8, 4) is 17.2 Å². The number of carbonyl (C=O) groups excluding carboxylic acids is 3. The maximum absolute atomic E-state index is 14.8. The number of ether oxygens (including phenoxy) is 4. The molecule has 1 unspecified atom stereocenters. The molecule has 222 valence electrons. The molecule has 0 saturated carbocycles. The Morgan fingerprint density at radius 1 is 1.05 bits per heavy atom. The van der Waals surface area contributed by atoms with Gasteiger partial charge in [-0.1, -0.05) is 30.7 Å². The van der Waals surface area contributed by atoms with Crippen molar-refractivity contribution in [2.45, 2.75) is 24.9 Å². The zero-order chi connectivity index (χ0) is 31.0. The van der Waals surface area contributed by atoms with Crippen LogP contribution in [0.4, 0.5) is 5.82 Å². The maximum Gasteiger partial charge on any atom is 0.337 e. The van der Waals surface area contributed by atoms with E-state index in [1.807, 2.05) is 0 Å². The molecule has 3 atom stereocenters. The fourth-order valence-corrected chi connectivity index (χ4v) is 6.49. The lowest BCUT2D eigenvalue weighted by atomic mass is 9.66. The number of ketones is 2. The summed E-state index contributed by atoms with van der Waals surface area (Å²) < 4.78 is 23.1. The van der Waals surface area contributed by atoms with E-state index in [9.17, 15) is 24.0 Å². The molecular formula is C30H26ClN3O9. The number of aromatic amines is 1. The van der Waals surface area contributed by atoms with Crippen molar-refractivity contribution in [1.82, 2.24) is 9.55 Å². The van der Waals surface area contributed by atoms with Gasteiger partial charge in [0.15, 0.2) is 5.75 Å². The van der Waals surface area contributed by atoms with Crippen LogP contribution in [0.25, 0.3) is 0 Å². The van der Waals surface area contributed by atoms with Crippen LogP contribution in [0.5, 0.6) is 17.2 Å². The van der Waals surface area contributed by atoms with Gasteiger partial charge in [0.25, 0.3) is 5.56 Å². The first kappa shape index (κ1) is 28.3. The molecule has 1 aliphatic carbocycles. The largest absolute Gasteiger partial charge is 0.496 e. The van der Waals surface area contributed by atoms with Crippen LogP contribution in [0.1, 0.15) is 51.1 Å². The third kappa shape index (κ3) is 3.79. The lowest BCUT2D eigenvalue weighted by Crippen LogP contribution is -2.58. The van der Waals surface area contributed by atoms with E-state index in [0.29, 0.717) is 11.3 Å². The van der Waals surface area contributed by atoms with Gasteiger partial charge in [-0.15, -0.1) is 0 Å². The van der Waals surface area contributed by atoms with Crippen molar-refractivity contribution in [3.63, 3.8) is 0 Å². The number of fused-ring (bicyclic) bond motifs is 2. The number of allylic oxidation sites excluding steroid dienone is 1. The number of H-pyrrole nitrogens is 1. The van der Waals surface area contributed by atoms with Crippen molar-refractivity contribution >= 4 is 35.0 Å². The quantitative estimate of drug-likeness (QED) is 0.334. The number of halogens is 1. The summed E-state index contributed by atoms with van der Waals surface area (Å²) in [6, 6.07) is 7.66. The molecule has 3 aliphatic rings. The van der Waals surface area contributed by atoms with E-state index < -0.39 is 46.2 Å². The fourth-order valence-electron chi connectivity index (χ4n) is 6.23. The summed E-state index contributed by atoms with van der Waals surface area (Å²) in [6.45, 7) is 1.71. The molecule has 3 heterocycles. The second-order valence-electron chi connectivity index (χ2n) is 10.5. The summed E-state index contributed by atoms with van der Waals surface area (Å²) in [5, 5.41) is 3.14. The molecule has 13 heteroatoms. The second kappa shape index (κ2) is 9.87. The highest BCUT2D eigenvalue weighted by atomic mass is 35.5. The minimum absolute atomic E-state index is 0.0109. The van der Waals surface area contributed by atoms with Crippen LogP contribution in [0.3, 0.4) is 0 Å². The molecule has 2 aliphatic heterocycles. The van der Waals surface area contributed by atoms with Gasteiger partial charge in [0.1, 0.15) is 27.9 Å². The number of rotatable bonds is 4. The standard InChI is InChI=1S/C30H26ClN3O9/c1-12-10-15-19(24(35)30(12)25(36)20-16(40-3)11-17(41-4)22(31)23(20)43-30)18(13-6-8-14(9-7-13)28(38)42-5)21-26(32-15)34(2)29(39)33-27(21)37/h6-9,11-12,18,32H,10H2,1-5H3,(H,33,37,39)/t12-,18?,30+/m1/s1. The number of esters is 1. The number of nitrogens with one attached hydrogen (secondary N) is 2. The van der Waals surface area contributed by atoms with Crippen LogP contribution in [-0.4, -0.2) is 54.0 Å². The number of hydrogen-bond acceptors (Lipinski definition) is 10. The number of anilines is 1. The second-order valence-corrected chi connectivity index (χ2v) is 10.9. The van der Waals surface area contributed by atoms with E-state index in [-0.39, 0.29) is 56.8 Å². The number of benzene rings is 2. The van der Waals surface area contributed by atoms with Crippen molar-refractivity contribution in [2.75, 3.05) is 26.6 Å². The van der Waals surface area contributed by atoms with Crippen LogP contribution in [-0.2, 0) is 16.6 Å². The Hall–Kier alpha value is -4.84. The third-order valence-corrected chi connectivity index (χ3v) is 8.76. The Morgan fingerprint density at radius 3 is 2.35 bits per heavy atom. The van der Waals surface area contributed by atoms with Crippen LogP contribution in [0.2, 0.25) is 5.02 Å². The van der Waals surface area contributed by atoms with Gasteiger partial charge in [0, 0.05) is 36.2 Å². The van der Waals surface area contributed by atoms with E-state index in [1.165, 1.54) is 51.1 Å². The molecule has 2 N–H and O–H groups in total. The van der Waals surface area contributed by atoms with Crippen LogP contribution in [0.15, 0.2) is 51.2 Å². The number of methoxy groups -OCH3 is 3. The van der Waals surface area contributed by atoms with Crippen molar-refractivity contribution in [2.24, 2.45) is 13.0 Å². The molecule has 0 fully saturated rings. The van der Waals surface area contributed by atoms with Gasteiger partial charge in [-0.25, -0.2) is 9.59 Å². The molecule has 0 radical (unpaired) electrons. The highest BCUT2D eigenvalue weighted by Crippen LogP contribution is 2.56. The van der Waals surface area contributed by atoms with Gasteiger partial charge in [-0.2, -0.15) is 0 Å². The number of aromatic nitrogens is 2. The van der Waals surface area contributed by atoms with Gasteiger partial charge in [-0.3, -0.25) is 23.9 Å². The van der Waals surface area contributed by atoms with Crippen LogP contribution < -0.4 is 30.8 Å². The molecule has 1 spiro atoms. The van der Waals surface area contributed by atoms with E-state index >= 15 is 0 Å². The average Bonchev–Trinajstić information content (AvgIpc) is 3.32. The molecular weight excluding hydrogens is 582 g/mol. The fraction of sp³-hybridized carbons (Fsp3) is 0.300. The summed E-state index contributed by atoms with van der Waals surface area (Å²) >= 11 is 6.57. The summed E-state index contributed by atoms with van der Waals surface area (Å²) in [6.07, 6.45) is 0.148. The molecule has 6 rings (SSSR count). The predicted octanol–water partition coefficient (Wildman–Crippen LogP) is 2.97. The highest BCUT2D eigenvalue weighted by Gasteiger charge is 2.63. The highest BCUT2D eigenvalue weighted by molar-refractivity contribution is 6.36. The van der Waals surface area contributed by atoms with E-state index in [0.717, 1.165) is 0 Å². The van der Waals surface area contributed by atoms with E-state index in [1.54, 1.807) is 19.1 Å². The van der Waals surface area contributed by atoms with E-state index in [4.69, 9.17) is 30.5 Å². The summed E-state index contributed by atoms with van der Waals surface area (Å²) in [4.78, 5) is 69.4. The Bertz CT molecular complexity index is 1910. The first-order valence-electron chi connectivity index (χ1n) is 13.2. The molecule has 2 aromatic carbocycles. The molecule has 3 aromatic rings. The smallest absolute Gasteiger partial charge is 0.337 e. The minimum Gasteiger partial charge on any atom is -0.496 e.